The number of nitrogens with zero attached hydrogens (tertiary/aromatic N) is 1. The van der Waals surface area contributed by atoms with Gasteiger partial charge in [-0.15, -0.1) is 0 Å². The highest BCUT2D eigenvalue weighted by Crippen LogP contribution is 2.31. The van der Waals surface area contributed by atoms with Gasteiger partial charge >= 0.3 is 0 Å². The molecule has 4 rings (SSSR count). The van der Waals surface area contributed by atoms with Gasteiger partial charge in [-0.05, 0) is 68.4 Å². The lowest BCUT2D eigenvalue weighted by Gasteiger charge is -2.16. The first-order chi connectivity index (χ1) is 16.7. The molecular weight excluding hydrogens is 471 g/mol. The fourth-order valence-corrected chi connectivity index (χ4v) is 5.52. The normalized spacial score (nSPS) is 16.5. The number of benzene rings is 2. The quantitative estimate of drug-likeness (QED) is 0.323. The maximum atomic E-state index is 14.0. The standard InChI is InChI=1S/C26H31FN2O5S/c1-18(20-12-13-23(27)24(16-20)34-17-19-10-11-19)28-35(32,33)15-7-3-2-6-14-29-25(30)21-8-4-5-9-22(21)26(29)31/h4-5,8-9,12-13,16,18-19,28H,2-3,6-7,10-11,14-15,17H2,1H3/t18-/m1/s1. The van der Waals surface area contributed by atoms with Gasteiger partial charge in [0.05, 0.1) is 23.5 Å². The summed E-state index contributed by atoms with van der Waals surface area (Å²) in [5.74, 6) is -0.386. The minimum atomic E-state index is -3.53. The van der Waals surface area contributed by atoms with Crippen LogP contribution >= 0.6 is 0 Å². The Morgan fingerprint density at radius 3 is 2.34 bits per heavy atom. The van der Waals surface area contributed by atoms with E-state index in [1.165, 1.54) is 11.0 Å². The zero-order valence-electron chi connectivity index (χ0n) is 19.8. The van der Waals surface area contributed by atoms with Crippen LogP contribution in [0.1, 0.15) is 77.8 Å². The Hall–Kier alpha value is -2.78. The van der Waals surface area contributed by atoms with E-state index >= 15 is 0 Å². The number of imide groups is 1. The highest BCUT2D eigenvalue weighted by atomic mass is 32.2. The minimum Gasteiger partial charge on any atom is -0.490 e. The van der Waals surface area contributed by atoms with Crippen molar-refractivity contribution >= 4 is 21.8 Å². The van der Waals surface area contributed by atoms with Crippen LogP contribution in [0.4, 0.5) is 4.39 Å². The first-order valence-corrected chi connectivity index (χ1v) is 13.8. The number of fused-ring (bicyclic) bond motifs is 1. The van der Waals surface area contributed by atoms with Crippen LogP contribution in [-0.2, 0) is 10.0 Å². The molecule has 1 saturated carbocycles. The van der Waals surface area contributed by atoms with Crippen molar-refractivity contribution in [3.8, 4) is 5.75 Å². The number of amides is 2. The van der Waals surface area contributed by atoms with Gasteiger partial charge in [0.25, 0.3) is 11.8 Å². The predicted octanol–water partition coefficient (Wildman–Crippen LogP) is 4.45. The predicted molar refractivity (Wildman–Crippen MR) is 130 cm³/mol. The summed E-state index contributed by atoms with van der Waals surface area (Å²) in [5, 5.41) is 0. The third-order valence-corrected chi connectivity index (χ3v) is 7.94. The second kappa shape index (κ2) is 10.9. The first kappa shape index (κ1) is 25.3. The average Bonchev–Trinajstić information content (AvgIpc) is 3.63. The second-order valence-electron chi connectivity index (χ2n) is 9.32. The Kier molecular flexibility index (Phi) is 7.86. The highest BCUT2D eigenvalue weighted by molar-refractivity contribution is 7.89. The Labute approximate surface area is 205 Å². The van der Waals surface area contributed by atoms with E-state index in [1.54, 1.807) is 43.3 Å². The van der Waals surface area contributed by atoms with Gasteiger partial charge in [0.2, 0.25) is 10.0 Å². The summed E-state index contributed by atoms with van der Waals surface area (Å²) < 4.78 is 47.3. The molecule has 35 heavy (non-hydrogen) atoms. The molecule has 2 aromatic rings. The number of unbranched alkanes of at least 4 members (excludes halogenated alkanes) is 3. The van der Waals surface area contributed by atoms with Crippen LogP contribution < -0.4 is 9.46 Å². The molecule has 2 amide bonds. The summed E-state index contributed by atoms with van der Waals surface area (Å²) in [7, 11) is -3.53. The van der Waals surface area contributed by atoms with Gasteiger partial charge in [0.15, 0.2) is 11.6 Å². The van der Waals surface area contributed by atoms with Gasteiger partial charge in [0.1, 0.15) is 0 Å². The molecule has 1 N–H and O–H groups in total. The Bertz CT molecular complexity index is 1160. The van der Waals surface area contributed by atoms with E-state index in [-0.39, 0.29) is 23.3 Å². The van der Waals surface area contributed by atoms with Gasteiger partial charge in [0, 0.05) is 12.6 Å². The molecule has 1 atom stereocenters. The van der Waals surface area contributed by atoms with E-state index in [4.69, 9.17) is 4.74 Å². The Morgan fingerprint density at radius 2 is 1.69 bits per heavy atom. The smallest absolute Gasteiger partial charge is 0.261 e. The summed E-state index contributed by atoms with van der Waals surface area (Å²) in [6.45, 7) is 2.52. The number of rotatable bonds is 13. The number of ether oxygens (including phenoxy) is 1. The number of hydrogen-bond acceptors (Lipinski definition) is 5. The van der Waals surface area contributed by atoms with E-state index in [0.29, 0.717) is 61.4 Å². The SMILES string of the molecule is C[C@@H](NS(=O)(=O)CCCCCCN1C(=O)c2ccccc2C1=O)c1ccc(F)c(OCC2CC2)c1. The topological polar surface area (TPSA) is 92.8 Å². The molecule has 2 aliphatic rings. The number of halogens is 1. The van der Waals surface area contributed by atoms with Crippen molar-refractivity contribution in [2.45, 2.75) is 51.5 Å². The molecule has 0 unspecified atom stereocenters. The number of sulfonamides is 1. The van der Waals surface area contributed by atoms with Crippen molar-refractivity contribution in [1.82, 2.24) is 9.62 Å². The van der Waals surface area contributed by atoms with E-state index in [0.717, 1.165) is 12.8 Å². The molecular formula is C26H31FN2O5S. The van der Waals surface area contributed by atoms with E-state index in [2.05, 4.69) is 4.72 Å². The summed E-state index contributed by atoms with van der Waals surface area (Å²) in [6, 6.07) is 10.7. The lowest BCUT2D eigenvalue weighted by atomic mass is 10.1. The molecule has 9 heteroatoms. The number of carbonyl (C=O) groups excluding carboxylic acids is 2. The highest BCUT2D eigenvalue weighted by Gasteiger charge is 2.34. The largest absolute Gasteiger partial charge is 0.490 e. The van der Waals surface area contributed by atoms with Crippen molar-refractivity contribution in [2.75, 3.05) is 18.9 Å². The fraction of sp³-hybridized carbons (Fsp3) is 0.462. The monoisotopic (exact) mass is 502 g/mol. The Balaban J connectivity index is 1.18. The molecule has 1 aliphatic carbocycles. The van der Waals surface area contributed by atoms with Gasteiger partial charge in [-0.25, -0.2) is 17.5 Å². The minimum absolute atomic E-state index is 0.0312. The van der Waals surface area contributed by atoms with Gasteiger partial charge < -0.3 is 4.74 Å². The van der Waals surface area contributed by atoms with Crippen molar-refractivity contribution in [3.63, 3.8) is 0 Å². The third kappa shape index (κ3) is 6.46. The zero-order valence-corrected chi connectivity index (χ0v) is 20.7. The molecule has 0 saturated heterocycles. The van der Waals surface area contributed by atoms with Crippen LogP contribution in [-0.4, -0.2) is 44.0 Å². The Morgan fingerprint density at radius 1 is 1.03 bits per heavy atom. The van der Waals surface area contributed by atoms with Crippen molar-refractivity contribution in [2.24, 2.45) is 5.92 Å². The molecule has 2 aromatic carbocycles. The molecule has 0 radical (unpaired) electrons. The number of hydrogen-bond donors (Lipinski definition) is 1. The fourth-order valence-electron chi connectivity index (χ4n) is 4.15. The summed E-state index contributed by atoms with van der Waals surface area (Å²) >= 11 is 0. The zero-order chi connectivity index (χ0) is 25.0. The van der Waals surface area contributed by atoms with Gasteiger partial charge in [-0.3, -0.25) is 14.5 Å². The van der Waals surface area contributed by atoms with Crippen LogP contribution in [0.5, 0.6) is 5.75 Å². The van der Waals surface area contributed by atoms with Crippen molar-refractivity contribution in [1.29, 1.82) is 0 Å². The summed E-state index contributed by atoms with van der Waals surface area (Å²) in [4.78, 5) is 26.0. The van der Waals surface area contributed by atoms with Gasteiger partial charge in [-0.1, -0.05) is 31.0 Å². The molecule has 1 aliphatic heterocycles. The van der Waals surface area contributed by atoms with Crippen LogP contribution in [0, 0.1) is 11.7 Å². The van der Waals surface area contributed by atoms with Crippen LogP contribution in [0.25, 0.3) is 0 Å². The molecule has 188 valence electrons. The molecule has 0 bridgehead atoms. The van der Waals surface area contributed by atoms with Crippen LogP contribution in [0.2, 0.25) is 0 Å². The lowest BCUT2D eigenvalue weighted by molar-refractivity contribution is 0.0651. The van der Waals surface area contributed by atoms with E-state index < -0.39 is 21.9 Å². The van der Waals surface area contributed by atoms with Gasteiger partial charge in [-0.2, -0.15) is 0 Å². The number of carbonyl (C=O) groups is 2. The van der Waals surface area contributed by atoms with Crippen molar-refractivity contribution < 1.29 is 27.1 Å². The van der Waals surface area contributed by atoms with Crippen molar-refractivity contribution in [3.05, 3.63) is 65.0 Å². The lowest BCUT2D eigenvalue weighted by Crippen LogP contribution is -2.30. The second-order valence-corrected chi connectivity index (χ2v) is 11.2. The van der Waals surface area contributed by atoms with Crippen LogP contribution in [0.3, 0.4) is 0 Å². The first-order valence-electron chi connectivity index (χ1n) is 12.1. The summed E-state index contributed by atoms with van der Waals surface area (Å²) in [6.07, 6.45) is 4.64. The molecule has 0 spiro atoms. The molecule has 1 fully saturated rings. The van der Waals surface area contributed by atoms with Crippen LogP contribution in [0.15, 0.2) is 42.5 Å². The maximum Gasteiger partial charge on any atom is 0.261 e. The average molecular weight is 503 g/mol. The molecule has 7 nitrogen and oxygen atoms in total. The van der Waals surface area contributed by atoms with E-state index in [9.17, 15) is 22.4 Å². The molecule has 1 heterocycles. The maximum absolute atomic E-state index is 14.0. The van der Waals surface area contributed by atoms with E-state index in [1.807, 2.05) is 0 Å². The third-order valence-electron chi connectivity index (χ3n) is 6.41. The summed E-state index contributed by atoms with van der Waals surface area (Å²) in [5.41, 5.74) is 1.51. The molecule has 0 aromatic heterocycles. The number of nitrogens with one attached hydrogen (secondary N) is 1.